The van der Waals surface area contributed by atoms with Crippen molar-refractivity contribution in [1.29, 1.82) is 0 Å². The van der Waals surface area contributed by atoms with E-state index in [0.717, 1.165) is 25.9 Å². The SMILES string of the molecule is CC(C)OCCCNS(=O)(=O)c1cc(C(=O)O)ccc1N1CCCC1. The lowest BCUT2D eigenvalue weighted by atomic mass is 10.2. The zero-order valence-electron chi connectivity index (χ0n) is 14.7. The van der Waals surface area contributed by atoms with Crippen LogP contribution in [0.5, 0.6) is 0 Å². The zero-order chi connectivity index (χ0) is 18.4. The molecule has 1 fully saturated rings. The van der Waals surface area contributed by atoms with Crippen molar-refractivity contribution in [2.75, 3.05) is 31.1 Å². The highest BCUT2D eigenvalue weighted by Crippen LogP contribution is 2.29. The minimum absolute atomic E-state index is 0.0269. The van der Waals surface area contributed by atoms with Gasteiger partial charge < -0.3 is 14.7 Å². The third-order valence-electron chi connectivity index (χ3n) is 4.01. The van der Waals surface area contributed by atoms with Gasteiger partial charge in [-0.25, -0.2) is 17.9 Å². The molecule has 1 heterocycles. The van der Waals surface area contributed by atoms with Gasteiger partial charge in [-0.1, -0.05) is 0 Å². The van der Waals surface area contributed by atoms with Crippen molar-refractivity contribution < 1.29 is 23.1 Å². The summed E-state index contributed by atoms with van der Waals surface area (Å²) in [6, 6.07) is 4.28. The Bertz CT molecular complexity index is 697. The van der Waals surface area contributed by atoms with E-state index < -0.39 is 16.0 Å². The van der Waals surface area contributed by atoms with E-state index in [1.54, 1.807) is 6.07 Å². The predicted molar refractivity (Wildman–Crippen MR) is 95.7 cm³/mol. The maximum Gasteiger partial charge on any atom is 0.335 e. The Hall–Kier alpha value is -1.64. The zero-order valence-corrected chi connectivity index (χ0v) is 15.5. The number of sulfonamides is 1. The number of carboxylic acids is 1. The Morgan fingerprint density at radius 1 is 1.32 bits per heavy atom. The molecular weight excluding hydrogens is 344 g/mol. The molecule has 8 heteroatoms. The highest BCUT2D eigenvalue weighted by Gasteiger charge is 2.25. The molecule has 140 valence electrons. The third-order valence-corrected chi connectivity index (χ3v) is 5.50. The van der Waals surface area contributed by atoms with Gasteiger partial charge in [0.1, 0.15) is 4.90 Å². The first-order valence-corrected chi connectivity index (χ1v) is 10.0. The lowest BCUT2D eigenvalue weighted by Crippen LogP contribution is -2.29. The van der Waals surface area contributed by atoms with E-state index in [-0.39, 0.29) is 23.1 Å². The smallest absolute Gasteiger partial charge is 0.335 e. The van der Waals surface area contributed by atoms with E-state index in [4.69, 9.17) is 4.74 Å². The van der Waals surface area contributed by atoms with Gasteiger partial charge in [0.25, 0.3) is 0 Å². The molecule has 0 spiro atoms. The van der Waals surface area contributed by atoms with Crippen LogP contribution in [0.3, 0.4) is 0 Å². The summed E-state index contributed by atoms with van der Waals surface area (Å²) in [6.45, 7) is 6.10. The number of hydrogen-bond donors (Lipinski definition) is 2. The fourth-order valence-electron chi connectivity index (χ4n) is 2.76. The molecule has 1 aromatic rings. The number of benzene rings is 1. The summed E-state index contributed by atoms with van der Waals surface area (Å²) in [5.41, 5.74) is 0.528. The minimum Gasteiger partial charge on any atom is -0.478 e. The second-order valence-electron chi connectivity index (χ2n) is 6.35. The molecule has 0 bridgehead atoms. The van der Waals surface area contributed by atoms with E-state index >= 15 is 0 Å². The van der Waals surface area contributed by atoms with Crippen LogP contribution in [0.1, 0.15) is 43.5 Å². The lowest BCUT2D eigenvalue weighted by molar-refractivity contribution is 0.0696. The van der Waals surface area contributed by atoms with Crippen LogP contribution in [0.2, 0.25) is 0 Å². The van der Waals surface area contributed by atoms with Crippen LogP contribution in [0.25, 0.3) is 0 Å². The topological polar surface area (TPSA) is 95.9 Å². The van der Waals surface area contributed by atoms with Crippen LogP contribution in [0, 0.1) is 0 Å². The van der Waals surface area contributed by atoms with Gasteiger partial charge in [0.15, 0.2) is 0 Å². The highest BCUT2D eigenvalue weighted by atomic mass is 32.2. The van der Waals surface area contributed by atoms with Gasteiger partial charge >= 0.3 is 5.97 Å². The summed E-state index contributed by atoms with van der Waals surface area (Å²) in [6.07, 6.45) is 2.65. The van der Waals surface area contributed by atoms with Crippen LogP contribution in [0.15, 0.2) is 23.1 Å². The van der Waals surface area contributed by atoms with Crippen molar-refractivity contribution in [2.45, 2.75) is 44.1 Å². The van der Waals surface area contributed by atoms with E-state index in [9.17, 15) is 18.3 Å². The lowest BCUT2D eigenvalue weighted by Gasteiger charge is -2.22. The van der Waals surface area contributed by atoms with Crippen molar-refractivity contribution in [3.05, 3.63) is 23.8 Å². The molecule has 0 aliphatic carbocycles. The first kappa shape index (κ1) is 19.7. The average molecular weight is 370 g/mol. The molecule has 2 N–H and O–H groups in total. The molecule has 2 rings (SSSR count). The molecule has 1 saturated heterocycles. The van der Waals surface area contributed by atoms with E-state index in [1.165, 1.54) is 12.1 Å². The second-order valence-corrected chi connectivity index (χ2v) is 8.09. The fraction of sp³-hybridized carbons (Fsp3) is 0.588. The van der Waals surface area contributed by atoms with E-state index in [1.807, 2.05) is 18.7 Å². The Balaban J connectivity index is 2.18. The van der Waals surface area contributed by atoms with E-state index in [0.29, 0.717) is 18.7 Å². The van der Waals surface area contributed by atoms with Crippen molar-refractivity contribution in [2.24, 2.45) is 0 Å². The van der Waals surface area contributed by atoms with Crippen molar-refractivity contribution >= 4 is 21.7 Å². The molecule has 1 aliphatic heterocycles. The van der Waals surface area contributed by atoms with Crippen LogP contribution in [-0.4, -0.2) is 51.8 Å². The van der Waals surface area contributed by atoms with Gasteiger partial charge in [0.05, 0.1) is 17.4 Å². The average Bonchev–Trinajstić information content (AvgIpc) is 3.07. The van der Waals surface area contributed by atoms with Crippen LogP contribution in [-0.2, 0) is 14.8 Å². The Morgan fingerprint density at radius 3 is 2.60 bits per heavy atom. The molecular formula is C17H26N2O5S. The first-order valence-electron chi connectivity index (χ1n) is 8.55. The molecule has 0 amide bonds. The quantitative estimate of drug-likeness (QED) is 0.646. The monoisotopic (exact) mass is 370 g/mol. The maximum atomic E-state index is 12.7. The normalized spacial score (nSPS) is 15.1. The molecule has 1 aromatic carbocycles. The van der Waals surface area contributed by atoms with Gasteiger partial charge in [-0.2, -0.15) is 0 Å². The third kappa shape index (κ3) is 5.42. The van der Waals surface area contributed by atoms with Gasteiger partial charge in [-0.15, -0.1) is 0 Å². The molecule has 0 aromatic heterocycles. The summed E-state index contributed by atoms with van der Waals surface area (Å²) in [5.74, 6) is -1.14. The molecule has 25 heavy (non-hydrogen) atoms. The summed E-state index contributed by atoms with van der Waals surface area (Å²) >= 11 is 0. The summed E-state index contributed by atoms with van der Waals surface area (Å²) in [5, 5.41) is 9.18. The molecule has 7 nitrogen and oxygen atoms in total. The number of nitrogens with zero attached hydrogens (tertiary/aromatic N) is 1. The van der Waals surface area contributed by atoms with Crippen molar-refractivity contribution in [1.82, 2.24) is 4.72 Å². The number of rotatable bonds is 9. The summed E-state index contributed by atoms with van der Waals surface area (Å²) in [4.78, 5) is 13.2. The second kappa shape index (κ2) is 8.64. The number of ether oxygens (including phenoxy) is 1. The molecule has 1 aliphatic rings. The van der Waals surface area contributed by atoms with Gasteiger partial charge in [-0.05, 0) is 51.3 Å². The van der Waals surface area contributed by atoms with Gasteiger partial charge in [0, 0.05) is 26.2 Å². The number of carbonyl (C=O) groups is 1. The number of nitrogens with one attached hydrogen (secondary N) is 1. The standard InChI is InChI=1S/C17H26N2O5S/c1-13(2)24-11-5-8-18-25(22,23)16-12-14(17(20)21)6-7-15(16)19-9-3-4-10-19/h6-7,12-13,18H,3-5,8-11H2,1-2H3,(H,20,21). The van der Waals surface area contributed by atoms with Crippen LogP contribution >= 0.6 is 0 Å². The van der Waals surface area contributed by atoms with Crippen molar-refractivity contribution in [3.63, 3.8) is 0 Å². The number of carboxylic acid groups (broad SMARTS) is 1. The minimum atomic E-state index is -3.80. The fourth-order valence-corrected chi connectivity index (χ4v) is 4.08. The van der Waals surface area contributed by atoms with E-state index in [2.05, 4.69) is 4.72 Å². The largest absolute Gasteiger partial charge is 0.478 e. The number of anilines is 1. The number of hydrogen-bond acceptors (Lipinski definition) is 5. The first-order chi connectivity index (χ1) is 11.8. The Labute approximate surface area is 149 Å². The summed E-state index contributed by atoms with van der Waals surface area (Å²) in [7, 11) is -3.80. The highest BCUT2D eigenvalue weighted by molar-refractivity contribution is 7.89. The molecule has 0 unspecified atom stereocenters. The Morgan fingerprint density at radius 2 is 2.00 bits per heavy atom. The van der Waals surface area contributed by atoms with Crippen molar-refractivity contribution in [3.8, 4) is 0 Å². The Kier molecular flexibility index (Phi) is 6.80. The molecule has 0 radical (unpaired) electrons. The number of aromatic carboxylic acids is 1. The predicted octanol–water partition coefficient (Wildman–Crippen LogP) is 2.08. The maximum absolute atomic E-state index is 12.7. The summed E-state index contributed by atoms with van der Waals surface area (Å²) < 4.78 is 33.4. The van der Waals surface area contributed by atoms with Crippen LogP contribution < -0.4 is 9.62 Å². The van der Waals surface area contributed by atoms with Gasteiger partial charge in [-0.3, -0.25) is 0 Å². The van der Waals surface area contributed by atoms with Gasteiger partial charge in [0.2, 0.25) is 10.0 Å². The molecule has 0 saturated carbocycles. The molecule has 0 atom stereocenters. The van der Waals surface area contributed by atoms with Crippen LogP contribution in [0.4, 0.5) is 5.69 Å².